The van der Waals surface area contributed by atoms with Crippen LogP contribution in [0.15, 0.2) is 23.6 Å². The first kappa shape index (κ1) is 22.5. The van der Waals surface area contributed by atoms with Gasteiger partial charge in [-0.1, -0.05) is 25.5 Å². The Morgan fingerprint density at radius 1 is 1.16 bits per heavy atom. The van der Waals surface area contributed by atoms with E-state index in [4.69, 9.17) is 10.1 Å². The first-order valence-corrected chi connectivity index (χ1v) is 13.0. The molecular weight excluding hydrogens is 404 g/mol. The van der Waals surface area contributed by atoms with Crippen molar-refractivity contribution in [1.82, 2.24) is 9.88 Å². The normalized spacial score (nSPS) is 22.1. The number of carboxylic acid groups (broad SMARTS) is 1. The monoisotopic (exact) mass is 440 g/mol. The van der Waals surface area contributed by atoms with Crippen LogP contribution in [0, 0.1) is 5.92 Å². The molecule has 1 aliphatic heterocycles. The van der Waals surface area contributed by atoms with Crippen molar-refractivity contribution in [3.63, 3.8) is 0 Å². The van der Waals surface area contributed by atoms with Gasteiger partial charge in [-0.2, -0.15) is 0 Å². The lowest BCUT2D eigenvalue weighted by molar-refractivity contribution is -0.137. The molecule has 31 heavy (non-hydrogen) atoms. The summed E-state index contributed by atoms with van der Waals surface area (Å²) in [6.45, 7) is 5.85. The Labute approximate surface area is 190 Å². The Balaban J connectivity index is 1.37. The molecule has 1 N–H and O–H groups in total. The van der Waals surface area contributed by atoms with E-state index in [0.717, 1.165) is 50.6 Å². The highest BCUT2D eigenvalue weighted by Crippen LogP contribution is 2.39. The maximum absolute atomic E-state index is 10.8. The van der Waals surface area contributed by atoms with Gasteiger partial charge in [0.2, 0.25) is 0 Å². The van der Waals surface area contributed by atoms with Crippen LogP contribution in [-0.2, 0) is 17.6 Å². The zero-order valence-corrected chi connectivity index (χ0v) is 19.6. The van der Waals surface area contributed by atoms with E-state index in [1.54, 1.807) is 0 Å². The standard InChI is InChI=1S/C26H36N2O2S/c1-2-3-14-28-15-12-20-9-10-23(17-22(20)13-16-28)24-18-31-26(27-24)21-7-4-19(5-8-21)6-11-25(29)30/h9-10,17-19,21H,2-8,11-16H2,1H3,(H,29,30)/t19-,21-. The smallest absolute Gasteiger partial charge is 0.303 e. The van der Waals surface area contributed by atoms with Crippen molar-refractivity contribution in [2.45, 2.75) is 77.0 Å². The van der Waals surface area contributed by atoms with Crippen LogP contribution in [0.5, 0.6) is 0 Å². The minimum Gasteiger partial charge on any atom is -0.481 e. The molecule has 1 fully saturated rings. The minimum atomic E-state index is -0.666. The maximum atomic E-state index is 10.8. The van der Waals surface area contributed by atoms with Gasteiger partial charge in [0, 0.05) is 36.4 Å². The molecule has 2 aromatic rings. The van der Waals surface area contributed by atoms with Crippen molar-refractivity contribution >= 4 is 17.3 Å². The molecule has 0 radical (unpaired) electrons. The van der Waals surface area contributed by atoms with Crippen molar-refractivity contribution in [1.29, 1.82) is 0 Å². The van der Waals surface area contributed by atoms with Gasteiger partial charge in [0.15, 0.2) is 0 Å². The first-order valence-electron chi connectivity index (χ1n) is 12.1. The summed E-state index contributed by atoms with van der Waals surface area (Å²) in [4.78, 5) is 18.5. The van der Waals surface area contributed by atoms with Crippen LogP contribution in [-0.4, -0.2) is 40.6 Å². The number of nitrogens with zero attached hydrogens (tertiary/aromatic N) is 2. The fraction of sp³-hybridized carbons (Fsp3) is 0.615. The molecule has 0 unspecified atom stereocenters. The number of carboxylic acids is 1. The van der Waals surface area contributed by atoms with Gasteiger partial charge in [-0.05, 0) is 81.0 Å². The molecule has 1 saturated carbocycles. The lowest BCUT2D eigenvalue weighted by Gasteiger charge is -2.26. The Bertz CT molecular complexity index is 870. The van der Waals surface area contributed by atoms with Crippen molar-refractivity contribution < 1.29 is 9.90 Å². The third kappa shape index (κ3) is 5.95. The molecule has 4 rings (SSSR count). The zero-order valence-electron chi connectivity index (χ0n) is 18.8. The summed E-state index contributed by atoms with van der Waals surface area (Å²) in [5.41, 5.74) is 5.41. The Hall–Kier alpha value is -1.72. The quantitative estimate of drug-likeness (QED) is 0.535. The van der Waals surface area contributed by atoms with Crippen molar-refractivity contribution in [2.24, 2.45) is 5.92 Å². The van der Waals surface area contributed by atoms with E-state index in [-0.39, 0.29) is 0 Å². The summed E-state index contributed by atoms with van der Waals surface area (Å²) >= 11 is 1.81. The number of fused-ring (bicyclic) bond motifs is 1. The largest absolute Gasteiger partial charge is 0.481 e. The fourth-order valence-electron chi connectivity index (χ4n) is 5.17. The molecule has 4 nitrogen and oxygen atoms in total. The minimum absolute atomic E-state index is 0.311. The highest BCUT2D eigenvalue weighted by atomic mass is 32.1. The van der Waals surface area contributed by atoms with E-state index in [1.807, 2.05) is 11.3 Å². The second-order valence-electron chi connectivity index (χ2n) is 9.40. The summed E-state index contributed by atoms with van der Waals surface area (Å²) in [6.07, 6.45) is 10.6. The van der Waals surface area contributed by atoms with Crippen LogP contribution in [0.1, 0.15) is 80.3 Å². The highest BCUT2D eigenvalue weighted by Gasteiger charge is 2.25. The molecule has 5 heteroatoms. The van der Waals surface area contributed by atoms with Gasteiger partial charge in [-0.15, -0.1) is 11.3 Å². The average Bonchev–Trinajstić information content (AvgIpc) is 3.19. The Morgan fingerprint density at radius 2 is 1.94 bits per heavy atom. The van der Waals surface area contributed by atoms with Crippen LogP contribution in [0.25, 0.3) is 11.3 Å². The number of rotatable bonds is 8. The molecule has 2 aliphatic rings. The van der Waals surface area contributed by atoms with Crippen molar-refractivity contribution in [3.8, 4) is 11.3 Å². The molecule has 0 atom stereocenters. The van der Waals surface area contributed by atoms with E-state index in [1.165, 1.54) is 54.2 Å². The highest BCUT2D eigenvalue weighted by molar-refractivity contribution is 7.10. The van der Waals surface area contributed by atoms with E-state index < -0.39 is 5.97 Å². The van der Waals surface area contributed by atoms with Crippen LogP contribution >= 0.6 is 11.3 Å². The predicted octanol–water partition coefficient (Wildman–Crippen LogP) is 6.15. The molecular formula is C26H36N2O2S. The molecule has 0 amide bonds. The summed E-state index contributed by atoms with van der Waals surface area (Å²) < 4.78 is 0. The lowest BCUT2D eigenvalue weighted by Crippen LogP contribution is -2.27. The molecule has 1 aromatic heterocycles. The van der Waals surface area contributed by atoms with E-state index in [0.29, 0.717) is 18.3 Å². The topological polar surface area (TPSA) is 53.4 Å². The SMILES string of the molecule is CCCCN1CCc2ccc(-c3csc([C@H]4CC[C@H](CCC(=O)O)CC4)n3)cc2CC1. The fourth-order valence-corrected chi connectivity index (χ4v) is 6.17. The first-order chi connectivity index (χ1) is 15.1. The molecule has 1 aliphatic carbocycles. The summed E-state index contributed by atoms with van der Waals surface area (Å²) in [5, 5.41) is 12.4. The lowest BCUT2D eigenvalue weighted by atomic mass is 9.80. The van der Waals surface area contributed by atoms with Gasteiger partial charge in [-0.25, -0.2) is 4.98 Å². The number of aromatic nitrogens is 1. The third-order valence-corrected chi connectivity index (χ3v) is 8.22. The molecule has 0 saturated heterocycles. The summed E-state index contributed by atoms with van der Waals surface area (Å²) in [7, 11) is 0. The number of benzene rings is 1. The predicted molar refractivity (Wildman–Crippen MR) is 128 cm³/mol. The second-order valence-corrected chi connectivity index (χ2v) is 10.3. The van der Waals surface area contributed by atoms with E-state index in [9.17, 15) is 4.79 Å². The average molecular weight is 441 g/mol. The molecule has 0 bridgehead atoms. The van der Waals surface area contributed by atoms with Gasteiger partial charge in [0.05, 0.1) is 10.7 Å². The van der Waals surface area contributed by atoms with Crippen LogP contribution in [0.2, 0.25) is 0 Å². The molecule has 168 valence electrons. The van der Waals surface area contributed by atoms with Crippen LogP contribution in [0.4, 0.5) is 0 Å². The number of unbranched alkanes of at least 4 members (excludes halogenated alkanes) is 1. The second kappa shape index (κ2) is 10.7. The van der Waals surface area contributed by atoms with Crippen molar-refractivity contribution in [3.05, 3.63) is 39.7 Å². The van der Waals surface area contributed by atoms with Gasteiger partial charge < -0.3 is 10.0 Å². The number of hydrogen-bond donors (Lipinski definition) is 1. The van der Waals surface area contributed by atoms with Crippen molar-refractivity contribution in [2.75, 3.05) is 19.6 Å². The maximum Gasteiger partial charge on any atom is 0.303 e. The summed E-state index contributed by atoms with van der Waals surface area (Å²) in [6, 6.07) is 6.99. The number of thiazole rings is 1. The van der Waals surface area contributed by atoms with Gasteiger partial charge in [-0.3, -0.25) is 4.79 Å². The Kier molecular flexibility index (Phi) is 7.78. The molecule has 1 aromatic carbocycles. The Morgan fingerprint density at radius 3 is 2.68 bits per heavy atom. The van der Waals surface area contributed by atoms with Crippen LogP contribution in [0.3, 0.4) is 0 Å². The van der Waals surface area contributed by atoms with Crippen LogP contribution < -0.4 is 0 Å². The zero-order chi connectivity index (χ0) is 21.6. The molecule has 0 spiro atoms. The van der Waals surface area contributed by atoms with E-state index in [2.05, 4.69) is 35.4 Å². The number of aliphatic carboxylic acids is 1. The third-order valence-electron chi connectivity index (χ3n) is 7.21. The summed E-state index contributed by atoms with van der Waals surface area (Å²) in [5.74, 6) is 0.460. The van der Waals surface area contributed by atoms with Gasteiger partial charge in [0.25, 0.3) is 0 Å². The molecule has 2 heterocycles. The number of hydrogen-bond acceptors (Lipinski definition) is 4. The van der Waals surface area contributed by atoms with Gasteiger partial charge in [0.1, 0.15) is 0 Å². The number of carbonyl (C=O) groups is 1. The van der Waals surface area contributed by atoms with Gasteiger partial charge >= 0.3 is 5.97 Å². The van der Waals surface area contributed by atoms with E-state index >= 15 is 0 Å².